The molecule has 1 aromatic carbocycles. The number of hydrogen-bond acceptors (Lipinski definition) is 2. The molecule has 0 atom stereocenters. The van der Waals surface area contributed by atoms with Crippen LogP contribution < -0.4 is 0 Å². The van der Waals surface area contributed by atoms with Crippen LogP contribution in [0.25, 0.3) is 11.0 Å². The summed E-state index contributed by atoms with van der Waals surface area (Å²) in [5.41, 5.74) is 1.55. The molecule has 3 rings (SSSR count). The molecule has 0 radical (unpaired) electrons. The molecule has 0 amide bonds. The van der Waals surface area contributed by atoms with Crippen molar-refractivity contribution in [3.05, 3.63) is 28.2 Å². The van der Waals surface area contributed by atoms with Gasteiger partial charge in [-0.25, -0.2) is 9.37 Å². The van der Waals surface area contributed by atoms with Crippen molar-refractivity contribution in [2.45, 2.75) is 31.7 Å². The van der Waals surface area contributed by atoms with Crippen LogP contribution in [0.2, 0.25) is 0 Å². The number of rotatable bonds is 7. The first kappa shape index (κ1) is 15.3. The minimum atomic E-state index is -0.283. The van der Waals surface area contributed by atoms with Crippen LogP contribution in [0, 0.1) is 11.7 Å². The van der Waals surface area contributed by atoms with Gasteiger partial charge >= 0.3 is 0 Å². The Morgan fingerprint density at radius 3 is 2.95 bits per heavy atom. The number of alkyl halides is 1. The first-order chi connectivity index (χ1) is 10.2. The highest BCUT2D eigenvalue weighted by molar-refractivity contribution is 9.10. The molecule has 3 nitrogen and oxygen atoms in total. The molecule has 0 bridgehead atoms. The van der Waals surface area contributed by atoms with Crippen molar-refractivity contribution in [1.82, 2.24) is 9.55 Å². The third-order valence-corrected chi connectivity index (χ3v) is 4.56. The molecule has 2 aromatic rings. The molecule has 0 unspecified atom stereocenters. The van der Waals surface area contributed by atoms with Crippen LogP contribution in [-0.2, 0) is 17.2 Å². The van der Waals surface area contributed by atoms with E-state index in [0.29, 0.717) is 10.4 Å². The molecule has 0 aliphatic heterocycles. The van der Waals surface area contributed by atoms with Crippen LogP contribution in [0.3, 0.4) is 0 Å². The molecular formula is C15H17BrClFN2O. The van der Waals surface area contributed by atoms with Crippen LogP contribution in [-0.4, -0.2) is 22.8 Å². The molecule has 0 N–H and O–H groups in total. The Balaban J connectivity index is 1.70. The molecule has 0 spiro atoms. The summed E-state index contributed by atoms with van der Waals surface area (Å²) in [6.45, 7) is 2.33. The molecule has 0 saturated heterocycles. The molecule has 1 fully saturated rings. The van der Waals surface area contributed by atoms with Gasteiger partial charge in [0.2, 0.25) is 0 Å². The second kappa shape index (κ2) is 6.63. The van der Waals surface area contributed by atoms with Crippen LogP contribution >= 0.6 is 27.5 Å². The van der Waals surface area contributed by atoms with Crippen molar-refractivity contribution in [2.24, 2.45) is 5.92 Å². The van der Waals surface area contributed by atoms with Gasteiger partial charge in [-0.15, -0.1) is 11.6 Å². The van der Waals surface area contributed by atoms with Crippen molar-refractivity contribution >= 4 is 38.6 Å². The van der Waals surface area contributed by atoms with E-state index in [0.717, 1.165) is 49.0 Å². The van der Waals surface area contributed by atoms with Crippen LogP contribution in [0.15, 0.2) is 16.6 Å². The highest BCUT2D eigenvalue weighted by Crippen LogP contribution is 2.29. The smallest absolute Gasteiger partial charge is 0.139 e. The molecule has 1 saturated carbocycles. The topological polar surface area (TPSA) is 27.1 Å². The fraction of sp³-hybridized carbons (Fsp3) is 0.533. The van der Waals surface area contributed by atoms with Gasteiger partial charge in [0.25, 0.3) is 0 Å². The zero-order valence-corrected chi connectivity index (χ0v) is 14.0. The van der Waals surface area contributed by atoms with Gasteiger partial charge in [0.05, 0.1) is 21.4 Å². The van der Waals surface area contributed by atoms with Gasteiger partial charge in [0, 0.05) is 25.8 Å². The molecule has 1 aliphatic rings. The van der Waals surface area contributed by atoms with Crippen LogP contribution in [0.1, 0.15) is 25.1 Å². The zero-order chi connectivity index (χ0) is 14.8. The average Bonchev–Trinajstić information content (AvgIpc) is 3.23. The Morgan fingerprint density at radius 2 is 2.24 bits per heavy atom. The maximum absolute atomic E-state index is 13.7. The Labute approximate surface area is 136 Å². The van der Waals surface area contributed by atoms with Crippen molar-refractivity contribution in [3.63, 3.8) is 0 Å². The molecule has 1 aromatic heterocycles. The molecule has 1 heterocycles. The van der Waals surface area contributed by atoms with Crippen molar-refractivity contribution in [1.29, 1.82) is 0 Å². The molecule has 6 heteroatoms. The number of aryl methyl sites for hydroxylation is 1. The fourth-order valence-electron chi connectivity index (χ4n) is 2.38. The minimum absolute atomic E-state index is 0.283. The molecule has 1 aliphatic carbocycles. The van der Waals surface area contributed by atoms with Gasteiger partial charge in [-0.2, -0.15) is 0 Å². The first-order valence-corrected chi connectivity index (χ1v) is 8.49. The quantitative estimate of drug-likeness (QED) is 0.526. The Bertz CT molecular complexity index is 642. The summed E-state index contributed by atoms with van der Waals surface area (Å²) in [6, 6.07) is 3.20. The second-order valence-corrected chi connectivity index (χ2v) is 6.56. The maximum Gasteiger partial charge on any atom is 0.139 e. The van der Waals surface area contributed by atoms with E-state index in [1.165, 1.54) is 18.9 Å². The van der Waals surface area contributed by atoms with E-state index in [2.05, 4.69) is 20.9 Å². The van der Waals surface area contributed by atoms with Gasteiger partial charge in [-0.1, -0.05) is 0 Å². The van der Waals surface area contributed by atoms with E-state index >= 15 is 0 Å². The van der Waals surface area contributed by atoms with Crippen molar-refractivity contribution in [2.75, 3.05) is 13.2 Å². The highest BCUT2D eigenvalue weighted by atomic mass is 79.9. The van der Waals surface area contributed by atoms with E-state index in [9.17, 15) is 4.39 Å². The molecule has 21 heavy (non-hydrogen) atoms. The van der Waals surface area contributed by atoms with Crippen LogP contribution in [0.4, 0.5) is 4.39 Å². The largest absolute Gasteiger partial charge is 0.381 e. The van der Waals surface area contributed by atoms with Crippen molar-refractivity contribution < 1.29 is 9.13 Å². The molecular weight excluding hydrogens is 359 g/mol. The summed E-state index contributed by atoms with van der Waals surface area (Å²) < 4.78 is 21.8. The van der Waals surface area contributed by atoms with Crippen molar-refractivity contribution in [3.8, 4) is 0 Å². The number of halogens is 3. The molecule has 114 valence electrons. The van der Waals surface area contributed by atoms with E-state index in [1.807, 2.05) is 4.57 Å². The lowest BCUT2D eigenvalue weighted by molar-refractivity contribution is 0.119. The average molecular weight is 376 g/mol. The first-order valence-electron chi connectivity index (χ1n) is 7.17. The van der Waals surface area contributed by atoms with E-state index in [-0.39, 0.29) is 5.82 Å². The second-order valence-electron chi connectivity index (χ2n) is 5.44. The monoisotopic (exact) mass is 374 g/mol. The van der Waals surface area contributed by atoms with E-state index in [1.54, 1.807) is 6.07 Å². The van der Waals surface area contributed by atoms with Gasteiger partial charge in [-0.3, -0.25) is 0 Å². The highest BCUT2D eigenvalue weighted by Gasteiger charge is 2.21. The summed E-state index contributed by atoms with van der Waals surface area (Å²) in [5, 5.41) is 0. The number of fused-ring (bicyclic) bond motifs is 1. The lowest BCUT2D eigenvalue weighted by atomic mass is 10.3. The number of benzene rings is 1. The summed E-state index contributed by atoms with van der Waals surface area (Å²) in [5.74, 6) is 1.58. The van der Waals surface area contributed by atoms with Gasteiger partial charge in [-0.05, 0) is 47.2 Å². The fourth-order valence-corrected chi connectivity index (χ4v) is 2.92. The van der Waals surface area contributed by atoms with E-state index in [4.69, 9.17) is 16.3 Å². The number of nitrogens with zero attached hydrogens (tertiary/aromatic N) is 2. The Hall–Kier alpha value is -0.650. The summed E-state index contributed by atoms with van der Waals surface area (Å²) in [6.07, 6.45) is 3.48. The lowest BCUT2D eigenvalue weighted by Gasteiger charge is -2.08. The SMILES string of the molecule is Fc1cc2c(cc1Br)nc(CCl)n2CCCOCC1CC1. The van der Waals surface area contributed by atoms with Gasteiger partial charge < -0.3 is 9.30 Å². The van der Waals surface area contributed by atoms with E-state index < -0.39 is 0 Å². The third kappa shape index (κ3) is 3.58. The third-order valence-electron chi connectivity index (χ3n) is 3.71. The number of aromatic nitrogens is 2. The lowest BCUT2D eigenvalue weighted by Crippen LogP contribution is -2.07. The number of ether oxygens (including phenoxy) is 1. The maximum atomic E-state index is 13.7. The predicted molar refractivity (Wildman–Crippen MR) is 85.1 cm³/mol. The van der Waals surface area contributed by atoms with Gasteiger partial charge in [0.15, 0.2) is 0 Å². The number of hydrogen-bond donors (Lipinski definition) is 0. The Morgan fingerprint density at radius 1 is 1.43 bits per heavy atom. The summed E-state index contributed by atoms with van der Waals surface area (Å²) >= 11 is 9.14. The predicted octanol–water partition coefficient (Wildman–Crippen LogP) is 4.49. The summed E-state index contributed by atoms with van der Waals surface area (Å²) in [4.78, 5) is 4.46. The van der Waals surface area contributed by atoms with Gasteiger partial charge in [0.1, 0.15) is 11.6 Å². The Kier molecular flexibility index (Phi) is 4.82. The minimum Gasteiger partial charge on any atom is -0.381 e. The summed E-state index contributed by atoms with van der Waals surface area (Å²) in [7, 11) is 0. The standard InChI is InChI=1S/C15H17BrClFN2O/c16-11-6-13-14(7-12(11)18)20(15(8-17)19-13)4-1-5-21-9-10-2-3-10/h6-7,10H,1-5,8-9H2. The zero-order valence-electron chi connectivity index (χ0n) is 11.6. The number of imidazole rings is 1. The van der Waals surface area contributed by atoms with Crippen LogP contribution in [0.5, 0.6) is 0 Å². The normalized spacial score (nSPS) is 15.0.